The minimum absolute atomic E-state index is 0. The molecule has 112 heavy (non-hydrogen) atoms. The van der Waals surface area contributed by atoms with Gasteiger partial charge in [0.15, 0.2) is 5.78 Å². The summed E-state index contributed by atoms with van der Waals surface area (Å²) in [6.45, 7) is 31.5. The van der Waals surface area contributed by atoms with Gasteiger partial charge in [0.1, 0.15) is 0 Å². The summed E-state index contributed by atoms with van der Waals surface area (Å²) in [7, 11) is 0. The molecule has 0 aliphatic heterocycles. The van der Waals surface area contributed by atoms with Crippen LogP contribution < -0.4 is 0 Å². The molecule has 0 amide bonds. The zero-order valence-electron chi connectivity index (χ0n) is 66.4. The number of aryl methyl sites for hydroxylation is 1. The van der Waals surface area contributed by atoms with Crippen LogP contribution in [0.4, 0.5) is 0 Å². The molecule has 580 valence electrons. The Morgan fingerprint density at radius 1 is 0.295 bits per heavy atom. The molecule has 5 aromatic heterocycles. The van der Waals surface area contributed by atoms with E-state index in [0.717, 1.165) is 56.3 Å². The van der Waals surface area contributed by atoms with Crippen LogP contribution in [-0.4, -0.2) is 35.8 Å². The number of hydrogen-bond donors (Lipinski definition) is 1. The molecule has 11 heteroatoms. The van der Waals surface area contributed by atoms with Crippen molar-refractivity contribution in [1.82, 2.24) is 24.9 Å². The monoisotopic (exact) mass is 2180 g/mol. The fraction of sp³-hybridized carbons (Fsp3) is 0.188. The standard InChI is InChI=1S/C22H22N.3C21H20N.C11H8N.C5H8O2.4Ir/c1-16-8-13-21(23-15-16)19-7-5-6-18(14-19)17-9-11-20(12-10-17)22(2,3)4;1-21(2,3)19-12-10-16(11-13-19)17-7-6-8-18(15-17)20-9-4-5-14-22-20;2*1-21(2,3)19-12-13-20(22-15-19)18-11-7-10-17(14-18)16-8-5-4-6-9-16;1-2-6-10(7-3-1)11-8-4-5-9-12-11;1-4(6)3-5(2)7;;;;/h5-6,8-15H,1-4H3;4-7,9-15H,1-3H3;2*4-10,12-15H,1-3H3;1-6,8-9H;3,6H,1-2H3;;;;/q5*-1;;;;;. The molecule has 0 atom stereocenters. The van der Waals surface area contributed by atoms with Crippen LogP contribution in [0, 0.1) is 37.3 Å². The molecule has 0 aliphatic rings. The Morgan fingerprint density at radius 3 is 0.857 bits per heavy atom. The maximum atomic E-state index is 10.0. The van der Waals surface area contributed by atoms with E-state index in [1.807, 2.05) is 135 Å². The largest absolute Gasteiger partial charge is 0.512 e. The van der Waals surface area contributed by atoms with Crippen molar-refractivity contribution in [2.75, 3.05) is 0 Å². The fourth-order valence-corrected chi connectivity index (χ4v) is 11.3. The van der Waals surface area contributed by atoms with E-state index >= 15 is 0 Å². The van der Waals surface area contributed by atoms with Gasteiger partial charge in [-0.05, 0) is 133 Å². The van der Waals surface area contributed by atoms with Gasteiger partial charge < -0.3 is 30.0 Å². The van der Waals surface area contributed by atoms with Crippen molar-refractivity contribution in [2.24, 2.45) is 0 Å². The molecule has 1 N–H and O–H groups in total. The molecule has 0 saturated carbocycles. The number of ketones is 1. The number of aliphatic hydroxyl groups excluding tert-OH is 1. The molecule has 5 heterocycles. The Balaban J connectivity index is 0.000000245. The van der Waals surface area contributed by atoms with Gasteiger partial charge in [-0.15, -0.1) is 177 Å². The Kier molecular flexibility index (Phi) is 37.2. The summed E-state index contributed by atoms with van der Waals surface area (Å²) >= 11 is 0. The second-order valence-corrected chi connectivity index (χ2v) is 30.5. The van der Waals surface area contributed by atoms with Crippen molar-refractivity contribution in [2.45, 2.75) is 126 Å². The molecule has 14 aromatic rings. The van der Waals surface area contributed by atoms with E-state index in [2.05, 4.69) is 314 Å². The summed E-state index contributed by atoms with van der Waals surface area (Å²) in [6.07, 6.45) is 10.6. The smallest absolute Gasteiger partial charge is 0.155 e. The van der Waals surface area contributed by atoms with E-state index < -0.39 is 0 Å². The number of carbonyl (C=O) groups is 1. The van der Waals surface area contributed by atoms with Gasteiger partial charge in [0.2, 0.25) is 0 Å². The van der Waals surface area contributed by atoms with Gasteiger partial charge >= 0.3 is 0 Å². The second kappa shape index (κ2) is 44.7. The number of carbonyl (C=O) groups excluding carboxylic acids is 1. The number of aromatic nitrogens is 5. The SMILES string of the molecule is CC(=O)C=C(C)O.CC(C)(C)c1ccc(-c2[c-]ccc(-c3ccccc3)c2)nc1.CC(C)(C)c1ccc(-c2[c-]ccc(-c3ccccc3)c2)nc1.CC(C)(C)c1ccc(-c2cc[c-]c(-c3ccccn3)c2)cc1.Cc1ccc(-c2[c-]ccc(-c3ccc(C(C)(C)C)cc3)c2)nc1.[Ir].[Ir].[Ir].[Ir].[c-]1ccccc1-c1ccccn1. The van der Waals surface area contributed by atoms with Crippen LogP contribution in [0.5, 0.6) is 0 Å². The van der Waals surface area contributed by atoms with E-state index in [9.17, 15) is 4.79 Å². The van der Waals surface area contributed by atoms with Crippen molar-refractivity contribution < 1.29 is 90.3 Å². The summed E-state index contributed by atoms with van der Waals surface area (Å²) in [5, 5.41) is 8.36. The van der Waals surface area contributed by atoms with Gasteiger partial charge in [-0.25, -0.2) is 0 Å². The molecule has 0 fully saturated rings. The van der Waals surface area contributed by atoms with E-state index in [4.69, 9.17) is 5.11 Å². The number of pyridine rings is 5. The summed E-state index contributed by atoms with van der Waals surface area (Å²) in [5.74, 6) is -0.0625. The number of rotatable bonds is 10. The topological polar surface area (TPSA) is 102 Å². The quantitative estimate of drug-likeness (QED) is 0.0827. The van der Waals surface area contributed by atoms with Gasteiger partial charge in [0, 0.05) is 117 Å². The van der Waals surface area contributed by atoms with Crippen molar-refractivity contribution >= 4 is 5.78 Å². The van der Waals surface area contributed by atoms with Crippen LogP contribution in [0.3, 0.4) is 0 Å². The maximum absolute atomic E-state index is 10.0. The van der Waals surface area contributed by atoms with E-state index in [-0.39, 0.29) is 114 Å². The van der Waals surface area contributed by atoms with Crippen LogP contribution in [-0.2, 0) is 107 Å². The second-order valence-electron chi connectivity index (χ2n) is 30.5. The van der Waals surface area contributed by atoms with Crippen molar-refractivity contribution in [1.29, 1.82) is 0 Å². The zero-order valence-corrected chi connectivity index (χ0v) is 76.0. The molecule has 7 nitrogen and oxygen atoms in total. The number of aliphatic hydroxyl groups is 1. The van der Waals surface area contributed by atoms with Crippen molar-refractivity contribution in [3.05, 3.63) is 380 Å². The van der Waals surface area contributed by atoms with Gasteiger partial charge in [-0.2, -0.15) is 0 Å². The summed E-state index contributed by atoms with van der Waals surface area (Å²) in [6, 6.07) is 112. The molecular weight excluding hydrogens is 2080 g/mol. The number of hydrogen-bond acceptors (Lipinski definition) is 7. The molecular formula is C101H98Ir4N5O2-5. The number of nitrogens with zero attached hydrogens (tertiary/aromatic N) is 5. The van der Waals surface area contributed by atoms with Gasteiger partial charge in [0.05, 0.1) is 5.76 Å². The summed E-state index contributed by atoms with van der Waals surface area (Å²) in [4.78, 5) is 32.4. The normalized spacial score (nSPS) is 10.8. The summed E-state index contributed by atoms with van der Waals surface area (Å²) in [5.41, 5.74) is 26.6. The van der Waals surface area contributed by atoms with E-state index in [1.165, 1.54) is 92.2 Å². The molecule has 0 bridgehead atoms. The van der Waals surface area contributed by atoms with E-state index in [0.29, 0.717) is 0 Å². The molecule has 0 aliphatic carbocycles. The molecule has 0 unspecified atom stereocenters. The number of benzene rings is 9. The molecule has 0 spiro atoms. The molecule has 4 radical (unpaired) electrons. The number of allylic oxidation sites excluding steroid dienone is 2. The van der Waals surface area contributed by atoms with Crippen LogP contribution in [0.25, 0.3) is 101 Å². The van der Waals surface area contributed by atoms with Crippen LogP contribution >= 0.6 is 0 Å². The first-order valence-electron chi connectivity index (χ1n) is 36.6. The third-order valence-corrected chi connectivity index (χ3v) is 17.6. The Morgan fingerprint density at radius 2 is 0.589 bits per heavy atom. The van der Waals surface area contributed by atoms with Crippen LogP contribution in [0.2, 0.25) is 0 Å². The molecule has 0 saturated heterocycles. The first-order valence-corrected chi connectivity index (χ1v) is 36.6. The first-order chi connectivity index (χ1) is 51.6. The minimum atomic E-state index is -0.125. The third kappa shape index (κ3) is 29.3. The zero-order chi connectivity index (χ0) is 77.3. The van der Waals surface area contributed by atoms with Crippen LogP contribution in [0.1, 0.15) is 125 Å². The molecule has 14 rings (SSSR count). The van der Waals surface area contributed by atoms with Gasteiger partial charge in [-0.1, -0.05) is 253 Å². The van der Waals surface area contributed by atoms with Gasteiger partial charge in [-0.3, -0.25) is 4.79 Å². The van der Waals surface area contributed by atoms with Gasteiger partial charge in [0.25, 0.3) is 0 Å². The molecule has 9 aromatic carbocycles. The average molecular weight is 2180 g/mol. The predicted octanol–water partition coefficient (Wildman–Crippen LogP) is 25.9. The Bertz CT molecular complexity index is 4750. The minimum Gasteiger partial charge on any atom is -0.512 e. The predicted molar refractivity (Wildman–Crippen MR) is 451 cm³/mol. The van der Waals surface area contributed by atoms with Crippen molar-refractivity contribution in [3.63, 3.8) is 0 Å². The van der Waals surface area contributed by atoms with Crippen molar-refractivity contribution in [3.8, 4) is 101 Å². The first kappa shape index (κ1) is 93.1. The third-order valence-electron chi connectivity index (χ3n) is 17.6. The van der Waals surface area contributed by atoms with E-state index in [1.54, 1.807) is 6.20 Å². The Labute approximate surface area is 721 Å². The van der Waals surface area contributed by atoms with Crippen LogP contribution in [0.15, 0.2) is 322 Å². The fourth-order valence-electron chi connectivity index (χ4n) is 11.3. The average Bonchev–Trinajstić information content (AvgIpc) is 0.832. The maximum Gasteiger partial charge on any atom is 0.155 e. The Hall–Kier alpha value is -9.46. The summed E-state index contributed by atoms with van der Waals surface area (Å²) < 4.78 is 0.